The molecule has 2 rings (SSSR count). The van der Waals surface area contributed by atoms with Gasteiger partial charge < -0.3 is 9.84 Å². The first-order chi connectivity index (χ1) is 9.28. The lowest BCUT2D eigenvalue weighted by atomic mass is 10.2. The molecule has 2 nitrogen and oxygen atoms in total. The summed E-state index contributed by atoms with van der Waals surface area (Å²) in [5, 5.41) is 10.7. The van der Waals surface area contributed by atoms with Crippen LogP contribution in [0.3, 0.4) is 0 Å². The summed E-state index contributed by atoms with van der Waals surface area (Å²) in [5.74, 6) is 6.82. The molecule has 0 aliphatic heterocycles. The van der Waals surface area contributed by atoms with Gasteiger partial charge >= 0.3 is 0 Å². The Morgan fingerprint density at radius 2 is 2.21 bits per heavy atom. The second kappa shape index (κ2) is 6.98. The SMILES string of the molecule is Cc1cccc(OCc2cc(C#CCCO)cs2)c1. The number of aliphatic hydroxyl groups is 1. The van der Waals surface area contributed by atoms with E-state index in [2.05, 4.69) is 11.8 Å². The third-order valence-corrected chi connectivity index (χ3v) is 3.40. The summed E-state index contributed by atoms with van der Waals surface area (Å²) in [5.41, 5.74) is 2.18. The lowest BCUT2D eigenvalue weighted by Crippen LogP contribution is -1.92. The molecule has 0 bridgehead atoms. The van der Waals surface area contributed by atoms with Crippen LogP contribution in [0.25, 0.3) is 0 Å². The highest BCUT2D eigenvalue weighted by molar-refractivity contribution is 7.10. The van der Waals surface area contributed by atoms with Gasteiger partial charge in [0.25, 0.3) is 0 Å². The van der Waals surface area contributed by atoms with E-state index in [1.165, 1.54) is 5.56 Å². The van der Waals surface area contributed by atoms with Crippen LogP contribution in [0.5, 0.6) is 5.75 Å². The number of aliphatic hydroxyl groups excluding tert-OH is 1. The third-order valence-electron chi connectivity index (χ3n) is 2.49. The average molecular weight is 272 g/mol. The first kappa shape index (κ1) is 13.7. The molecule has 0 radical (unpaired) electrons. The second-order valence-electron chi connectivity index (χ2n) is 4.18. The fraction of sp³-hybridized carbons (Fsp3) is 0.250. The molecule has 1 N–H and O–H groups in total. The van der Waals surface area contributed by atoms with Gasteiger partial charge in [0, 0.05) is 22.2 Å². The smallest absolute Gasteiger partial charge is 0.122 e. The van der Waals surface area contributed by atoms with Gasteiger partial charge in [-0.1, -0.05) is 24.0 Å². The van der Waals surface area contributed by atoms with E-state index in [9.17, 15) is 0 Å². The minimum absolute atomic E-state index is 0.112. The van der Waals surface area contributed by atoms with E-state index in [4.69, 9.17) is 9.84 Å². The third kappa shape index (κ3) is 4.44. The summed E-state index contributed by atoms with van der Waals surface area (Å²) < 4.78 is 5.73. The van der Waals surface area contributed by atoms with E-state index in [-0.39, 0.29) is 6.61 Å². The van der Waals surface area contributed by atoms with E-state index in [1.54, 1.807) is 11.3 Å². The van der Waals surface area contributed by atoms with Crippen LogP contribution in [0.1, 0.15) is 22.4 Å². The van der Waals surface area contributed by atoms with Gasteiger partial charge in [-0.05, 0) is 30.7 Å². The highest BCUT2D eigenvalue weighted by Crippen LogP contribution is 2.18. The molecule has 0 aliphatic rings. The highest BCUT2D eigenvalue weighted by atomic mass is 32.1. The van der Waals surface area contributed by atoms with E-state index < -0.39 is 0 Å². The molecule has 0 saturated carbocycles. The molecule has 19 heavy (non-hydrogen) atoms. The monoisotopic (exact) mass is 272 g/mol. The molecule has 98 valence electrons. The molecule has 0 unspecified atom stereocenters. The molecule has 0 aliphatic carbocycles. The molecule has 2 aromatic rings. The second-order valence-corrected chi connectivity index (χ2v) is 5.18. The van der Waals surface area contributed by atoms with Gasteiger partial charge in [-0.15, -0.1) is 11.3 Å². The largest absolute Gasteiger partial charge is 0.488 e. The van der Waals surface area contributed by atoms with Gasteiger partial charge in [-0.2, -0.15) is 0 Å². The van der Waals surface area contributed by atoms with Crippen molar-refractivity contribution in [3.8, 4) is 17.6 Å². The van der Waals surface area contributed by atoms with Crippen LogP contribution in [-0.4, -0.2) is 11.7 Å². The molecule has 0 atom stereocenters. The van der Waals surface area contributed by atoms with Crippen molar-refractivity contribution in [2.45, 2.75) is 20.0 Å². The standard InChI is InChI=1S/C16H16O2S/c1-13-5-4-7-15(9-13)18-11-16-10-14(12-19-16)6-2-3-8-17/h4-5,7,9-10,12,17H,3,8,11H2,1H3. The van der Waals surface area contributed by atoms with E-state index in [0.717, 1.165) is 16.2 Å². The number of hydrogen-bond acceptors (Lipinski definition) is 3. The highest BCUT2D eigenvalue weighted by Gasteiger charge is 2.00. The van der Waals surface area contributed by atoms with Gasteiger partial charge in [0.15, 0.2) is 0 Å². The Morgan fingerprint density at radius 1 is 1.32 bits per heavy atom. The number of aryl methyl sites for hydroxylation is 1. The van der Waals surface area contributed by atoms with Crippen LogP contribution in [0.4, 0.5) is 0 Å². The quantitative estimate of drug-likeness (QED) is 0.865. The minimum atomic E-state index is 0.112. The van der Waals surface area contributed by atoms with Crippen LogP contribution >= 0.6 is 11.3 Å². The van der Waals surface area contributed by atoms with Crippen molar-refractivity contribution in [3.63, 3.8) is 0 Å². The fourth-order valence-electron chi connectivity index (χ4n) is 1.60. The molecule has 0 spiro atoms. The number of thiophene rings is 1. The topological polar surface area (TPSA) is 29.5 Å². The molecule has 0 amide bonds. The number of ether oxygens (including phenoxy) is 1. The van der Waals surface area contributed by atoms with E-state index >= 15 is 0 Å². The van der Waals surface area contributed by atoms with Crippen molar-refractivity contribution < 1.29 is 9.84 Å². The summed E-state index contributed by atoms with van der Waals surface area (Å²) in [4.78, 5) is 1.15. The zero-order valence-corrected chi connectivity index (χ0v) is 11.7. The molecule has 3 heteroatoms. The van der Waals surface area contributed by atoms with Gasteiger partial charge in [0.2, 0.25) is 0 Å². The molecular formula is C16H16O2S. The number of hydrogen-bond donors (Lipinski definition) is 1. The molecule has 1 heterocycles. The van der Waals surface area contributed by atoms with Gasteiger partial charge in [-0.3, -0.25) is 0 Å². The van der Waals surface area contributed by atoms with E-state index in [0.29, 0.717) is 13.0 Å². The predicted octanol–water partition coefficient (Wildman–Crippen LogP) is 3.37. The Bertz CT molecular complexity index is 590. The Balaban J connectivity index is 1.92. The minimum Gasteiger partial charge on any atom is -0.488 e. The normalized spacial score (nSPS) is 9.79. The number of benzene rings is 1. The maximum Gasteiger partial charge on any atom is 0.122 e. The van der Waals surface area contributed by atoms with Crippen molar-refractivity contribution in [2.75, 3.05) is 6.61 Å². The lowest BCUT2D eigenvalue weighted by Gasteiger charge is -2.04. The molecular weight excluding hydrogens is 256 g/mol. The summed E-state index contributed by atoms with van der Waals surface area (Å²) in [6.07, 6.45) is 0.519. The Kier molecular flexibility index (Phi) is 5.02. The molecule has 0 saturated heterocycles. The van der Waals surface area contributed by atoms with Crippen LogP contribution < -0.4 is 4.74 Å². The Hall–Kier alpha value is -1.76. The Morgan fingerprint density at radius 3 is 3.00 bits per heavy atom. The average Bonchev–Trinajstić information content (AvgIpc) is 2.85. The molecule has 1 aromatic heterocycles. The lowest BCUT2D eigenvalue weighted by molar-refractivity contribution is 0.305. The summed E-state index contributed by atoms with van der Waals surface area (Å²) >= 11 is 1.64. The Labute approximate surface area is 117 Å². The van der Waals surface area contributed by atoms with Crippen molar-refractivity contribution >= 4 is 11.3 Å². The summed E-state index contributed by atoms with van der Waals surface area (Å²) in [6.45, 7) is 2.73. The van der Waals surface area contributed by atoms with Gasteiger partial charge in [0.05, 0.1) is 6.61 Å². The zero-order chi connectivity index (χ0) is 13.5. The maximum absolute atomic E-state index is 8.66. The molecule has 1 aromatic carbocycles. The van der Waals surface area contributed by atoms with Crippen molar-refractivity contribution in [2.24, 2.45) is 0 Å². The predicted molar refractivity (Wildman–Crippen MR) is 78.4 cm³/mol. The van der Waals surface area contributed by atoms with Crippen LogP contribution in [-0.2, 0) is 6.61 Å². The van der Waals surface area contributed by atoms with Crippen molar-refractivity contribution in [1.29, 1.82) is 0 Å². The van der Waals surface area contributed by atoms with Crippen LogP contribution in [0.2, 0.25) is 0 Å². The summed E-state index contributed by atoms with van der Waals surface area (Å²) in [6, 6.07) is 10.1. The van der Waals surface area contributed by atoms with Crippen molar-refractivity contribution in [3.05, 3.63) is 51.7 Å². The number of rotatable bonds is 4. The van der Waals surface area contributed by atoms with Crippen LogP contribution in [0.15, 0.2) is 35.7 Å². The fourth-order valence-corrected chi connectivity index (χ4v) is 2.33. The van der Waals surface area contributed by atoms with E-state index in [1.807, 2.05) is 42.6 Å². The first-order valence-corrected chi connectivity index (χ1v) is 7.02. The zero-order valence-electron chi connectivity index (χ0n) is 10.8. The first-order valence-electron chi connectivity index (χ1n) is 6.14. The summed E-state index contributed by atoms with van der Waals surface area (Å²) in [7, 11) is 0. The van der Waals surface area contributed by atoms with Crippen molar-refractivity contribution in [1.82, 2.24) is 0 Å². The maximum atomic E-state index is 8.66. The van der Waals surface area contributed by atoms with Gasteiger partial charge in [-0.25, -0.2) is 0 Å². The molecule has 0 fully saturated rings. The van der Waals surface area contributed by atoms with Crippen LogP contribution in [0, 0.1) is 18.8 Å². The van der Waals surface area contributed by atoms with Gasteiger partial charge in [0.1, 0.15) is 12.4 Å².